The maximum Gasteiger partial charge on any atom is 0.308 e. The van der Waals surface area contributed by atoms with Gasteiger partial charge in [-0.1, -0.05) is 34.1 Å². The lowest BCUT2D eigenvalue weighted by Gasteiger charge is -2.27. The van der Waals surface area contributed by atoms with E-state index in [-0.39, 0.29) is 23.5 Å². The lowest BCUT2D eigenvalue weighted by Crippen LogP contribution is -2.36. The minimum atomic E-state index is -3.58. The van der Waals surface area contributed by atoms with Crippen LogP contribution in [0.15, 0.2) is 53.0 Å². The van der Waals surface area contributed by atoms with Gasteiger partial charge in [0.1, 0.15) is 5.75 Å². The monoisotopic (exact) mass is 439 g/mol. The fourth-order valence-corrected chi connectivity index (χ4v) is 3.29. The molecule has 2 rings (SSSR count). The second-order valence-electron chi connectivity index (χ2n) is 6.11. The molecule has 140 valence electrons. The molecule has 5 nitrogen and oxygen atoms in total. The van der Waals surface area contributed by atoms with Crippen LogP contribution in [0, 0.1) is 0 Å². The van der Waals surface area contributed by atoms with Gasteiger partial charge in [0.05, 0.1) is 5.75 Å². The lowest BCUT2D eigenvalue weighted by molar-refractivity contribution is 0.0690. The van der Waals surface area contributed by atoms with Crippen molar-refractivity contribution in [1.82, 2.24) is 4.90 Å². The molecule has 7 heteroatoms. The van der Waals surface area contributed by atoms with Crippen LogP contribution < -0.4 is 4.18 Å². The van der Waals surface area contributed by atoms with E-state index in [4.69, 9.17) is 4.18 Å². The molecule has 0 aliphatic rings. The number of amides is 1. The van der Waals surface area contributed by atoms with Gasteiger partial charge in [-0.3, -0.25) is 4.79 Å². The SMILES string of the molecule is CCS(=O)(=O)Oc1cccc(CN(C(=O)c2cccc(Br)c2)C(C)C)c1. The Bertz CT molecular complexity index is 881. The van der Waals surface area contributed by atoms with Gasteiger partial charge in [0, 0.05) is 22.6 Å². The topological polar surface area (TPSA) is 63.7 Å². The highest BCUT2D eigenvalue weighted by molar-refractivity contribution is 9.10. The van der Waals surface area contributed by atoms with Gasteiger partial charge >= 0.3 is 10.1 Å². The van der Waals surface area contributed by atoms with E-state index < -0.39 is 10.1 Å². The van der Waals surface area contributed by atoms with Crippen LogP contribution in [0.5, 0.6) is 5.75 Å². The first-order valence-electron chi connectivity index (χ1n) is 8.29. The first-order valence-corrected chi connectivity index (χ1v) is 10.7. The van der Waals surface area contributed by atoms with Crippen LogP contribution in [0.1, 0.15) is 36.7 Å². The number of benzene rings is 2. The summed E-state index contributed by atoms with van der Waals surface area (Å²) in [6, 6.07) is 14.0. The van der Waals surface area contributed by atoms with Gasteiger partial charge < -0.3 is 9.08 Å². The molecule has 0 aliphatic carbocycles. The third-order valence-electron chi connectivity index (χ3n) is 3.78. The number of carbonyl (C=O) groups excluding carboxylic acids is 1. The number of rotatable bonds is 7. The zero-order valence-electron chi connectivity index (χ0n) is 15.0. The second kappa shape index (κ2) is 8.68. The fraction of sp³-hybridized carbons (Fsp3) is 0.316. The average Bonchev–Trinajstić information content (AvgIpc) is 2.59. The lowest BCUT2D eigenvalue weighted by atomic mass is 10.1. The molecule has 0 saturated carbocycles. The van der Waals surface area contributed by atoms with Crippen molar-refractivity contribution < 1.29 is 17.4 Å². The van der Waals surface area contributed by atoms with Crippen molar-refractivity contribution in [2.24, 2.45) is 0 Å². The Balaban J connectivity index is 2.24. The highest BCUT2D eigenvalue weighted by Gasteiger charge is 2.20. The average molecular weight is 440 g/mol. The van der Waals surface area contributed by atoms with E-state index in [1.54, 1.807) is 35.2 Å². The molecule has 0 radical (unpaired) electrons. The molecule has 0 atom stereocenters. The predicted octanol–water partition coefficient (Wildman–Crippen LogP) is 4.23. The van der Waals surface area contributed by atoms with E-state index in [1.165, 1.54) is 6.92 Å². The molecule has 0 fully saturated rings. The molecule has 0 aromatic heterocycles. The molecule has 0 N–H and O–H groups in total. The van der Waals surface area contributed by atoms with E-state index in [9.17, 15) is 13.2 Å². The Morgan fingerprint density at radius 2 is 1.85 bits per heavy atom. The number of hydrogen-bond donors (Lipinski definition) is 0. The molecule has 0 spiro atoms. The second-order valence-corrected chi connectivity index (χ2v) is 8.89. The van der Waals surface area contributed by atoms with Crippen LogP contribution in [-0.2, 0) is 16.7 Å². The van der Waals surface area contributed by atoms with Gasteiger partial charge in [0.2, 0.25) is 0 Å². The normalized spacial score (nSPS) is 11.4. The zero-order chi connectivity index (χ0) is 19.3. The first kappa shape index (κ1) is 20.5. The summed E-state index contributed by atoms with van der Waals surface area (Å²) in [5.41, 5.74) is 1.39. The van der Waals surface area contributed by atoms with Crippen LogP contribution in [0.25, 0.3) is 0 Å². The van der Waals surface area contributed by atoms with E-state index in [2.05, 4.69) is 15.9 Å². The summed E-state index contributed by atoms with van der Waals surface area (Å²) in [6.45, 7) is 5.76. The predicted molar refractivity (Wildman–Crippen MR) is 106 cm³/mol. The summed E-state index contributed by atoms with van der Waals surface area (Å²) in [4.78, 5) is 14.6. The smallest absolute Gasteiger partial charge is 0.308 e. The van der Waals surface area contributed by atoms with Crippen molar-refractivity contribution in [3.63, 3.8) is 0 Å². The third kappa shape index (κ3) is 5.57. The molecule has 2 aromatic carbocycles. The molecule has 0 aliphatic heterocycles. The highest BCUT2D eigenvalue weighted by atomic mass is 79.9. The van der Waals surface area contributed by atoms with Gasteiger partial charge in [0.15, 0.2) is 0 Å². The van der Waals surface area contributed by atoms with Crippen molar-refractivity contribution in [3.8, 4) is 5.75 Å². The molecular weight excluding hydrogens is 418 g/mol. The first-order chi connectivity index (χ1) is 12.2. The largest absolute Gasteiger partial charge is 0.382 e. The van der Waals surface area contributed by atoms with Crippen molar-refractivity contribution >= 4 is 32.0 Å². The minimum Gasteiger partial charge on any atom is -0.382 e. The van der Waals surface area contributed by atoms with Crippen LogP contribution in [0.4, 0.5) is 0 Å². The molecular formula is C19H22BrNO4S. The summed E-state index contributed by atoms with van der Waals surface area (Å²) in [7, 11) is -3.58. The number of halogens is 1. The Hall–Kier alpha value is -1.86. The Labute approximate surface area is 163 Å². The summed E-state index contributed by atoms with van der Waals surface area (Å²) in [5, 5.41) is 0. The number of nitrogens with zero attached hydrogens (tertiary/aromatic N) is 1. The summed E-state index contributed by atoms with van der Waals surface area (Å²) < 4.78 is 29.2. The van der Waals surface area contributed by atoms with Crippen LogP contribution in [0.2, 0.25) is 0 Å². The molecule has 2 aromatic rings. The standard InChI is InChI=1S/C19H22BrNO4S/c1-4-26(23,24)25-18-10-5-7-15(11-18)13-21(14(2)3)19(22)16-8-6-9-17(20)12-16/h5-12,14H,4,13H2,1-3H3. The molecule has 0 heterocycles. The van der Waals surface area contributed by atoms with Crippen LogP contribution in [0.3, 0.4) is 0 Å². The molecule has 1 amide bonds. The Morgan fingerprint density at radius 3 is 2.46 bits per heavy atom. The Morgan fingerprint density at radius 1 is 1.15 bits per heavy atom. The molecule has 26 heavy (non-hydrogen) atoms. The number of hydrogen-bond acceptors (Lipinski definition) is 4. The van der Waals surface area contributed by atoms with Crippen molar-refractivity contribution in [3.05, 3.63) is 64.1 Å². The minimum absolute atomic E-state index is 0.0227. The van der Waals surface area contributed by atoms with Gasteiger partial charge in [-0.05, 0) is 56.7 Å². The summed E-state index contributed by atoms with van der Waals surface area (Å²) in [5.74, 6) is 0.0632. The summed E-state index contributed by atoms with van der Waals surface area (Å²) >= 11 is 3.38. The van der Waals surface area contributed by atoms with E-state index in [1.807, 2.05) is 32.0 Å². The van der Waals surface area contributed by atoms with Gasteiger partial charge in [0.25, 0.3) is 5.91 Å². The molecule has 0 bridgehead atoms. The Kier molecular flexibility index (Phi) is 6.83. The third-order valence-corrected chi connectivity index (χ3v) is 5.43. The molecule has 0 unspecified atom stereocenters. The van der Waals surface area contributed by atoms with Crippen LogP contribution in [-0.4, -0.2) is 31.0 Å². The van der Waals surface area contributed by atoms with Gasteiger partial charge in [-0.25, -0.2) is 0 Å². The number of carbonyl (C=O) groups is 1. The van der Waals surface area contributed by atoms with Gasteiger partial charge in [-0.2, -0.15) is 8.42 Å². The van der Waals surface area contributed by atoms with E-state index in [0.717, 1.165) is 10.0 Å². The quantitative estimate of drug-likeness (QED) is 0.605. The maximum absolute atomic E-state index is 12.9. The van der Waals surface area contributed by atoms with Crippen molar-refractivity contribution in [1.29, 1.82) is 0 Å². The van der Waals surface area contributed by atoms with E-state index in [0.29, 0.717) is 12.1 Å². The summed E-state index contributed by atoms with van der Waals surface area (Å²) in [6.07, 6.45) is 0. The van der Waals surface area contributed by atoms with Crippen molar-refractivity contribution in [2.45, 2.75) is 33.4 Å². The van der Waals surface area contributed by atoms with Crippen LogP contribution >= 0.6 is 15.9 Å². The zero-order valence-corrected chi connectivity index (χ0v) is 17.4. The maximum atomic E-state index is 12.9. The van der Waals surface area contributed by atoms with Gasteiger partial charge in [-0.15, -0.1) is 0 Å². The van der Waals surface area contributed by atoms with Crippen molar-refractivity contribution in [2.75, 3.05) is 5.75 Å². The van der Waals surface area contributed by atoms with E-state index >= 15 is 0 Å². The fourth-order valence-electron chi connectivity index (χ4n) is 2.37. The highest BCUT2D eigenvalue weighted by Crippen LogP contribution is 2.20. The molecule has 0 saturated heterocycles.